The zero-order valence-electron chi connectivity index (χ0n) is 12.0. The Labute approximate surface area is 127 Å². The molecule has 1 N–H and O–H groups in total. The van der Waals surface area contributed by atoms with Gasteiger partial charge in [-0.25, -0.2) is 4.98 Å². The molecule has 1 fully saturated rings. The molecule has 1 aromatic heterocycles. The zero-order valence-corrected chi connectivity index (χ0v) is 12.9. The van der Waals surface area contributed by atoms with Crippen molar-refractivity contribution in [1.29, 1.82) is 0 Å². The number of aryl methyl sites for hydroxylation is 1. The van der Waals surface area contributed by atoms with Gasteiger partial charge < -0.3 is 10.2 Å². The Hall–Kier alpha value is -1.95. The topological polar surface area (TPSA) is 62.3 Å². The first-order valence-electron chi connectivity index (χ1n) is 7.00. The lowest BCUT2D eigenvalue weighted by Crippen LogP contribution is -2.42. The van der Waals surface area contributed by atoms with E-state index < -0.39 is 0 Å². The van der Waals surface area contributed by atoms with E-state index in [4.69, 9.17) is 0 Å². The molecule has 1 saturated heterocycles. The highest BCUT2D eigenvalue weighted by Crippen LogP contribution is 2.25. The van der Waals surface area contributed by atoms with E-state index in [1.807, 2.05) is 25.1 Å². The van der Waals surface area contributed by atoms with Crippen molar-refractivity contribution in [3.05, 3.63) is 23.2 Å². The molecule has 110 valence electrons. The summed E-state index contributed by atoms with van der Waals surface area (Å²) in [6.45, 7) is 4.14. The van der Waals surface area contributed by atoms with Gasteiger partial charge in [-0.3, -0.25) is 9.59 Å². The van der Waals surface area contributed by atoms with Gasteiger partial charge in [0.1, 0.15) is 6.04 Å². The highest BCUT2D eigenvalue weighted by atomic mass is 32.1. The number of carbonyl (C=O) groups excluding carboxylic acids is 2. The van der Waals surface area contributed by atoms with Crippen molar-refractivity contribution in [3.63, 3.8) is 0 Å². The van der Waals surface area contributed by atoms with Gasteiger partial charge in [0.25, 0.3) is 0 Å². The highest BCUT2D eigenvalue weighted by Gasteiger charge is 2.32. The summed E-state index contributed by atoms with van der Waals surface area (Å²) in [6, 6.07) is 5.35. The maximum Gasteiger partial charge on any atom is 0.247 e. The van der Waals surface area contributed by atoms with E-state index in [0.29, 0.717) is 6.54 Å². The second-order valence-electron chi connectivity index (χ2n) is 5.28. The van der Waals surface area contributed by atoms with Crippen molar-refractivity contribution in [2.24, 2.45) is 0 Å². The maximum atomic E-state index is 12.4. The van der Waals surface area contributed by atoms with Gasteiger partial charge in [0.2, 0.25) is 11.8 Å². The summed E-state index contributed by atoms with van der Waals surface area (Å²) in [5.74, 6) is -0.149. The molecule has 2 amide bonds. The van der Waals surface area contributed by atoms with Crippen LogP contribution in [0.4, 0.5) is 5.69 Å². The molecular weight excluding hydrogens is 286 g/mol. The van der Waals surface area contributed by atoms with E-state index in [1.165, 1.54) is 6.92 Å². The Morgan fingerprint density at radius 1 is 1.43 bits per heavy atom. The van der Waals surface area contributed by atoms with Gasteiger partial charge in [-0.05, 0) is 38.0 Å². The van der Waals surface area contributed by atoms with Crippen molar-refractivity contribution in [1.82, 2.24) is 9.88 Å². The summed E-state index contributed by atoms with van der Waals surface area (Å²) in [4.78, 5) is 29.9. The molecule has 0 spiro atoms. The van der Waals surface area contributed by atoms with E-state index in [9.17, 15) is 9.59 Å². The predicted octanol–water partition coefficient (Wildman–Crippen LogP) is 2.55. The van der Waals surface area contributed by atoms with Crippen molar-refractivity contribution < 1.29 is 9.59 Å². The number of fused-ring (bicyclic) bond motifs is 1. The number of rotatable bonds is 2. The summed E-state index contributed by atoms with van der Waals surface area (Å²) in [7, 11) is 0. The lowest BCUT2D eigenvalue weighted by molar-refractivity contribution is -0.134. The minimum Gasteiger partial charge on any atom is -0.331 e. The van der Waals surface area contributed by atoms with E-state index >= 15 is 0 Å². The van der Waals surface area contributed by atoms with Crippen LogP contribution in [-0.2, 0) is 9.59 Å². The molecule has 3 rings (SSSR count). The molecule has 1 aliphatic heterocycles. The molecule has 0 unspecified atom stereocenters. The molecule has 1 atom stereocenters. The van der Waals surface area contributed by atoms with Crippen LogP contribution in [0.15, 0.2) is 18.2 Å². The normalized spacial score (nSPS) is 18.2. The number of carbonyl (C=O) groups is 2. The molecule has 2 aromatic rings. The zero-order chi connectivity index (χ0) is 15.0. The van der Waals surface area contributed by atoms with E-state index in [-0.39, 0.29) is 17.9 Å². The highest BCUT2D eigenvalue weighted by molar-refractivity contribution is 7.18. The molecule has 6 heteroatoms. The smallest absolute Gasteiger partial charge is 0.247 e. The molecule has 5 nitrogen and oxygen atoms in total. The minimum absolute atomic E-state index is 0.0406. The third-order valence-electron chi connectivity index (χ3n) is 3.72. The number of nitrogens with zero attached hydrogens (tertiary/aromatic N) is 2. The number of thiazole rings is 1. The predicted molar refractivity (Wildman–Crippen MR) is 83.4 cm³/mol. The van der Waals surface area contributed by atoms with Crippen LogP contribution in [0.2, 0.25) is 0 Å². The SMILES string of the molecule is CC(=O)N1CCC[C@H]1C(=O)Nc1ccc2nc(C)sc2c1. The number of anilines is 1. The number of benzene rings is 1. The number of hydrogen-bond acceptors (Lipinski definition) is 4. The number of amides is 2. The first-order chi connectivity index (χ1) is 10.0. The van der Waals surface area contributed by atoms with Gasteiger partial charge in [0, 0.05) is 19.2 Å². The number of aromatic nitrogens is 1. The van der Waals surface area contributed by atoms with Crippen LogP contribution in [0.25, 0.3) is 10.2 Å². The molecule has 2 heterocycles. The monoisotopic (exact) mass is 303 g/mol. The Balaban J connectivity index is 1.77. The number of hydrogen-bond donors (Lipinski definition) is 1. The summed E-state index contributed by atoms with van der Waals surface area (Å²) in [5.41, 5.74) is 1.70. The quantitative estimate of drug-likeness (QED) is 0.927. The third-order valence-corrected chi connectivity index (χ3v) is 4.66. The van der Waals surface area contributed by atoms with Crippen LogP contribution < -0.4 is 5.32 Å². The van der Waals surface area contributed by atoms with Gasteiger partial charge in [0.15, 0.2) is 0 Å². The van der Waals surface area contributed by atoms with E-state index in [0.717, 1.165) is 33.8 Å². The Bertz CT molecular complexity index is 710. The lowest BCUT2D eigenvalue weighted by Gasteiger charge is -2.22. The van der Waals surface area contributed by atoms with Gasteiger partial charge >= 0.3 is 0 Å². The first kappa shape index (κ1) is 14.0. The Morgan fingerprint density at radius 3 is 3.00 bits per heavy atom. The molecule has 21 heavy (non-hydrogen) atoms. The first-order valence-corrected chi connectivity index (χ1v) is 7.81. The van der Waals surface area contributed by atoms with Gasteiger partial charge in [-0.1, -0.05) is 0 Å². The molecule has 1 aromatic carbocycles. The van der Waals surface area contributed by atoms with E-state index in [2.05, 4.69) is 10.3 Å². The van der Waals surface area contributed by atoms with Crippen LogP contribution >= 0.6 is 11.3 Å². The molecule has 0 saturated carbocycles. The van der Waals surface area contributed by atoms with Crippen molar-refractivity contribution in [2.75, 3.05) is 11.9 Å². The molecular formula is C15H17N3O2S. The molecule has 1 aliphatic rings. The average molecular weight is 303 g/mol. The summed E-state index contributed by atoms with van der Waals surface area (Å²) in [6.07, 6.45) is 1.61. The third kappa shape index (κ3) is 2.76. The second-order valence-corrected chi connectivity index (χ2v) is 6.51. The fourth-order valence-corrected chi connectivity index (χ4v) is 3.63. The average Bonchev–Trinajstić information content (AvgIpc) is 3.03. The molecule has 0 bridgehead atoms. The Morgan fingerprint density at radius 2 is 2.24 bits per heavy atom. The fourth-order valence-electron chi connectivity index (χ4n) is 2.76. The minimum atomic E-state index is -0.346. The van der Waals surface area contributed by atoms with Crippen molar-refractivity contribution in [2.45, 2.75) is 32.7 Å². The molecule has 0 radical (unpaired) electrons. The van der Waals surface area contributed by atoms with Crippen LogP contribution in [-0.4, -0.2) is 34.3 Å². The van der Waals surface area contributed by atoms with Crippen molar-refractivity contribution >= 4 is 39.1 Å². The summed E-state index contributed by atoms with van der Waals surface area (Å²) >= 11 is 1.60. The van der Waals surface area contributed by atoms with Crippen LogP contribution in [0.1, 0.15) is 24.8 Å². The van der Waals surface area contributed by atoms with Gasteiger partial charge in [-0.15, -0.1) is 11.3 Å². The largest absolute Gasteiger partial charge is 0.331 e. The second kappa shape index (κ2) is 5.44. The fraction of sp³-hybridized carbons (Fsp3) is 0.400. The Kier molecular flexibility index (Phi) is 3.63. The summed E-state index contributed by atoms with van der Waals surface area (Å²) in [5, 5.41) is 3.92. The van der Waals surface area contributed by atoms with Crippen LogP contribution in [0.3, 0.4) is 0 Å². The summed E-state index contributed by atoms with van der Waals surface area (Å²) < 4.78 is 1.06. The number of likely N-dealkylation sites (tertiary alicyclic amines) is 1. The van der Waals surface area contributed by atoms with Gasteiger partial charge in [-0.2, -0.15) is 0 Å². The maximum absolute atomic E-state index is 12.4. The molecule has 0 aliphatic carbocycles. The van der Waals surface area contributed by atoms with Crippen LogP contribution in [0.5, 0.6) is 0 Å². The van der Waals surface area contributed by atoms with Gasteiger partial charge in [0.05, 0.1) is 15.2 Å². The lowest BCUT2D eigenvalue weighted by atomic mass is 10.2. The van der Waals surface area contributed by atoms with Crippen LogP contribution in [0, 0.1) is 6.92 Å². The standard InChI is InChI=1S/C15H17N3O2S/c1-9-16-12-6-5-11(8-14(12)21-9)17-15(20)13-4-3-7-18(13)10(2)19/h5-6,8,13H,3-4,7H2,1-2H3,(H,17,20)/t13-/m0/s1. The number of nitrogens with one attached hydrogen (secondary N) is 1. The van der Waals surface area contributed by atoms with Crippen molar-refractivity contribution in [3.8, 4) is 0 Å². The van der Waals surface area contributed by atoms with E-state index in [1.54, 1.807) is 16.2 Å².